The molecule has 0 N–H and O–H groups in total. The Bertz CT molecular complexity index is 821. The maximum atomic E-state index is 12.9. The minimum absolute atomic E-state index is 0.0140. The molecule has 2 heterocycles. The molecule has 1 unspecified atom stereocenters. The molecule has 2 aliphatic rings. The topological polar surface area (TPSA) is 87.0 Å². The van der Waals surface area contributed by atoms with Crippen LogP contribution in [0.4, 0.5) is 11.4 Å². The van der Waals surface area contributed by atoms with Gasteiger partial charge in [0.1, 0.15) is 5.69 Å². The number of likely N-dealkylation sites (N-methyl/N-ethyl adjacent to an activating group) is 1. The van der Waals surface area contributed by atoms with Crippen LogP contribution in [0.1, 0.15) is 33.1 Å². The van der Waals surface area contributed by atoms with Gasteiger partial charge in [0.05, 0.1) is 9.82 Å². The zero-order valence-corrected chi connectivity index (χ0v) is 17.7. The smallest absolute Gasteiger partial charge is 0.293 e. The van der Waals surface area contributed by atoms with Crippen molar-refractivity contribution in [1.29, 1.82) is 0 Å². The molecule has 9 heteroatoms. The summed E-state index contributed by atoms with van der Waals surface area (Å²) in [5, 5.41) is 11.8. The maximum Gasteiger partial charge on any atom is 0.293 e. The van der Waals surface area contributed by atoms with Crippen LogP contribution >= 0.6 is 0 Å². The molecule has 0 aromatic heterocycles. The lowest BCUT2D eigenvalue weighted by Gasteiger charge is -2.43. The van der Waals surface area contributed by atoms with Crippen LogP contribution in [0.5, 0.6) is 0 Å². The number of nitrogens with zero attached hydrogens (tertiary/aromatic N) is 4. The molecule has 0 spiro atoms. The Kier molecular flexibility index (Phi) is 6.26. The number of piperidine rings is 1. The van der Waals surface area contributed by atoms with E-state index in [1.165, 1.54) is 16.4 Å². The fraction of sp³-hybridized carbons (Fsp3) is 0.684. The molecule has 0 saturated carbocycles. The summed E-state index contributed by atoms with van der Waals surface area (Å²) in [6.07, 6.45) is 2.68. The van der Waals surface area contributed by atoms with Crippen molar-refractivity contribution in [1.82, 2.24) is 9.21 Å². The summed E-state index contributed by atoms with van der Waals surface area (Å²) in [6.45, 7) is 7.49. The average Bonchev–Trinajstić information content (AvgIpc) is 2.68. The van der Waals surface area contributed by atoms with Crippen LogP contribution in [0.2, 0.25) is 0 Å². The van der Waals surface area contributed by atoms with Crippen LogP contribution in [0, 0.1) is 16.0 Å². The number of hydrogen-bond donors (Lipinski definition) is 0. The third-order valence-electron chi connectivity index (χ3n) is 5.80. The van der Waals surface area contributed by atoms with Gasteiger partial charge in [0.2, 0.25) is 10.0 Å². The summed E-state index contributed by atoms with van der Waals surface area (Å²) in [6, 6.07) is 4.54. The van der Waals surface area contributed by atoms with Gasteiger partial charge in [-0.05, 0) is 37.9 Å². The maximum absolute atomic E-state index is 12.9. The molecule has 0 radical (unpaired) electrons. The molecule has 2 saturated heterocycles. The van der Waals surface area contributed by atoms with E-state index in [1.54, 1.807) is 6.07 Å². The fourth-order valence-electron chi connectivity index (χ4n) is 4.13. The Morgan fingerprint density at radius 2 is 1.79 bits per heavy atom. The van der Waals surface area contributed by atoms with Crippen molar-refractivity contribution in [2.45, 2.75) is 44.0 Å². The van der Waals surface area contributed by atoms with E-state index in [4.69, 9.17) is 0 Å². The number of nitro groups is 1. The number of benzene rings is 1. The van der Waals surface area contributed by atoms with E-state index < -0.39 is 14.9 Å². The van der Waals surface area contributed by atoms with Crippen molar-refractivity contribution >= 4 is 21.4 Å². The molecule has 2 aliphatic heterocycles. The number of piperazine rings is 1. The first-order chi connectivity index (χ1) is 13.2. The van der Waals surface area contributed by atoms with Crippen molar-refractivity contribution in [3.8, 4) is 0 Å². The van der Waals surface area contributed by atoms with Crippen molar-refractivity contribution < 1.29 is 13.3 Å². The zero-order chi connectivity index (χ0) is 20.5. The molecule has 156 valence electrons. The summed E-state index contributed by atoms with van der Waals surface area (Å²) in [4.78, 5) is 15.7. The standard InChI is InChI=1S/C19H30N4O4S/c1-15(2)19-14-20(3)11-12-22(19)17-8-7-16(13-18(17)23(24)25)28(26,27)21-9-5-4-6-10-21/h7-8,13,15,19H,4-6,9-12,14H2,1-3H3. The Labute approximate surface area is 167 Å². The lowest BCUT2D eigenvalue weighted by atomic mass is 9.98. The van der Waals surface area contributed by atoms with Crippen molar-refractivity contribution in [2.75, 3.05) is 44.7 Å². The van der Waals surface area contributed by atoms with Crippen LogP contribution in [0.15, 0.2) is 23.1 Å². The first-order valence-electron chi connectivity index (χ1n) is 9.95. The van der Waals surface area contributed by atoms with E-state index in [2.05, 4.69) is 30.7 Å². The molecule has 0 aliphatic carbocycles. The minimum Gasteiger partial charge on any atom is -0.360 e. The van der Waals surface area contributed by atoms with Gasteiger partial charge in [-0.2, -0.15) is 4.31 Å². The van der Waals surface area contributed by atoms with E-state index in [9.17, 15) is 18.5 Å². The van der Waals surface area contributed by atoms with Gasteiger partial charge in [-0.25, -0.2) is 8.42 Å². The number of anilines is 1. The highest BCUT2D eigenvalue weighted by molar-refractivity contribution is 7.89. The van der Waals surface area contributed by atoms with E-state index in [0.29, 0.717) is 31.2 Å². The molecule has 2 fully saturated rings. The second-order valence-electron chi connectivity index (χ2n) is 8.14. The summed E-state index contributed by atoms with van der Waals surface area (Å²) < 4.78 is 27.3. The van der Waals surface area contributed by atoms with Gasteiger partial charge >= 0.3 is 0 Å². The van der Waals surface area contributed by atoms with Gasteiger partial charge in [0.15, 0.2) is 0 Å². The van der Waals surface area contributed by atoms with Crippen LogP contribution in [-0.4, -0.2) is 68.4 Å². The molecule has 8 nitrogen and oxygen atoms in total. The minimum atomic E-state index is -3.70. The average molecular weight is 411 g/mol. The highest BCUT2D eigenvalue weighted by Crippen LogP contribution is 2.35. The normalized spacial score (nSPS) is 22.6. The predicted molar refractivity (Wildman–Crippen MR) is 109 cm³/mol. The number of hydrogen-bond acceptors (Lipinski definition) is 6. The highest BCUT2D eigenvalue weighted by Gasteiger charge is 2.34. The Hall–Kier alpha value is -1.71. The van der Waals surface area contributed by atoms with Crippen LogP contribution < -0.4 is 4.90 Å². The molecule has 1 aromatic rings. The number of rotatable bonds is 5. The lowest BCUT2D eigenvalue weighted by molar-refractivity contribution is -0.384. The largest absolute Gasteiger partial charge is 0.360 e. The quantitative estimate of drug-likeness (QED) is 0.548. The van der Waals surface area contributed by atoms with Crippen LogP contribution in [0.3, 0.4) is 0 Å². The summed E-state index contributed by atoms with van der Waals surface area (Å²) in [5.74, 6) is 0.319. The van der Waals surface area contributed by atoms with E-state index >= 15 is 0 Å². The summed E-state index contributed by atoms with van der Waals surface area (Å²) >= 11 is 0. The third kappa shape index (κ3) is 4.16. The Balaban J connectivity index is 1.99. The van der Waals surface area contributed by atoms with Crippen molar-refractivity contribution in [3.05, 3.63) is 28.3 Å². The van der Waals surface area contributed by atoms with Crippen molar-refractivity contribution in [2.24, 2.45) is 5.92 Å². The van der Waals surface area contributed by atoms with Gasteiger partial charge in [-0.3, -0.25) is 10.1 Å². The molecule has 28 heavy (non-hydrogen) atoms. The van der Waals surface area contributed by atoms with Gasteiger partial charge in [-0.1, -0.05) is 20.3 Å². The zero-order valence-electron chi connectivity index (χ0n) is 16.9. The van der Waals surface area contributed by atoms with Crippen LogP contribution in [0.25, 0.3) is 0 Å². The molecule has 0 bridgehead atoms. The molecular weight excluding hydrogens is 380 g/mol. The van der Waals surface area contributed by atoms with Gasteiger partial charge in [-0.15, -0.1) is 0 Å². The first-order valence-corrected chi connectivity index (χ1v) is 11.4. The monoisotopic (exact) mass is 410 g/mol. The molecule has 1 aromatic carbocycles. The van der Waals surface area contributed by atoms with E-state index in [0.717, 1.165) is 32.4 Å². The van der Waals surface area contributed by atoms with Gasteiger partial charge in [0.25, 0.3) is 5.69 Å². The van der Waals surface area contributed by atoms with Crippen LogP contribution in [-0.2, 0) is 10.0 Å². The van der Waals surface area contributed by atoms with Gasteiger partial charge in [0, 0.05) is 44.8 Å². The van der Waals surface area contributed by atoms with E-state index in [1.807, 2.05) is 0 Å². The SMILES string of the molecule is CC(C)C1CN(C)CCN1c1ccc(S(=O)(=O)N2CCCCC2)cc1[N+](=O)[O-]. The molecule has 0 amide bonds. The Morgan fingerprint density at radius 1 is 1.11 bits per heavy atom. The summed E-state index contributed by atoms with van der Waals surface area (Å²) in [7, 11) is -1.65. The summed E-state index contributed by atoms with van der Waals surface area (Å²) in [5.41, 5.74) is 0.377. The number of nitro benzene ring substituents is 1. The van der Waals surface area contributed by atoms with Gasteiger partial charge < -0.3 is 9.80 Å². The molecular formula is C19H30N4O4S. The van der Waals surface area contributed by atoms with E-state index in [-0.39, 0.29) is 16.6 Å². The first kappa shape index (κ1) is 21.0. The fourth-order valence-corrected chi connectivity index (χ4v) is 5.67. The molecule has 1 atom stereocenters. The number of sulfonamides is 1. The second kappa shape index (κ2) is 8.34. The molecule has 3 rings (SSSR count). The lowest BCUT2D eigenvalue weighted by Crippen LogP contribution is -2.54. The third-order valence-corrected chi connectivity index (χ3v) is 7.69. The highest BCUT2D eigenvalue weighted by atomic mass is 32.2. The predicted octanol–water partition coefficient (Wildman–Crippen LogP) is 2.55. The van der Waals surface area contributed by atoms with Crippen molar-refractivity contribution in [3.63, 3.8) is 0 Å². The second-order valence-corrected chi connectivity index (χ2v) is 10.1. The Morgan fingerprint density at radius 3 is 2.39 bits per heavy atom.